The van der Waals surface area contributed by atoms with Gasteiger partial charge in [0, 0.05) is 6.42 Å². The summed E-state index contributed by atoms with van der Waals surface area (Å²) < 4.78 is 0. The summed E-state index contributed by atoms with van der Waals surface area (Å²) in [5.41, 5.74) is 15.3. The fourth-order valence-corrected chi connectivity index (χ4v) is 2.00. The van der Waals surface area contributed by atoms with Crippen LogP contribution < -0.4 is 33.2 Å². The highest BCUT2D eigenvalue weighted by atomic mass is 16.4. The number of carbonyl (C=O) groups is 6. The summed E-state index contributed by atoms with van der Waals surface area (Å²) in [4.78, 5) is 69.3. The SMILES string of the molecule is CC(N)C(=O)NC(CO)C(=O)NC(CCC(N)=O)C(=O)NC(CC(N)=O)C(=O)O. The standard InChI is InChI=1S/C15H26N6O8/c1-6(16)12(25)21-9(5-22)14(27)19-7(2-3-10(17)23)13(26)20-8(15(28)29)4-11(18)24/h6-9,22H,2-5,16H2,1H3,(H2,17,23)(H2,18,24)(H,19,27)(H,20,26)(H,21,25)(H,28,29). The quantitative estimate of drug-likeness (QED) is 0.142. The number of aliphatic carboxylic acids is 1. The van der Waals surface area contributed by atoms with E-state index in [-0.39, 0.29) is 12.8 Å². The summed E-state index contributed by atoms with van der Waals surface area (Å²) in [6.45, 7) is 0.517. The summed E-state index contributed by atoms with van der Waals surface area (Å²) in [6, 6.07) is -5.56. The molecule has 0 aliphatic carbocycles. The molecule has 0 saturated heterocycles. The first-order chi connectivity index (χ1) is 13.4. The Morgan fingerprint density at radius 1 is 0.828 bits per heavy atom. The van der Waals surface area contributed by atoms with Gasteiger partial charge < -0.3 is 43.4 Å². The molecule has 14 heteroatoms. The van der Waals surface area contributed by atoms with Crippen LogP contribution in [0, 0.1) is 0 Å². The molecule has 0 fully saturated rings. The lowest BCUT2D eigenvalue weighted by Crippen LogP contribution is -2.58. The van der Waals surface area contributed by atoms with Crippen LogP contribution in [-0.2, 0) is 28.8 Å². The molecule has 5 amide bonds. The van der Waals surface area contributed by atoms with Crippen molar-refractivity contribution in [1.29, 1.82) is 0 Å². The van der Waals surface area contributed by atoms with Crippen molar-refractivity contribution < 1.29 is 39.0 Å². The van der Waals surface area contributed by atoms with E-state index in [0.717, 1.165) is 0 Å². The van der Waals surface area contributed by atoms with Crippen LogP contribution in [0.3, 0.4) is 0 Å². The normalized spacial score (nSPS) is 14.6. The van der Waals surface area contributed by atoms with Gasteiger partial charge in [0.15, 0.2) is 0 Å². The molecule has 0 aromatic rings. The zero-order valence-electron chi connectivity index (χ0n) is 15.7. The largest absolute Gasteiger partial charge is 0.480 e. The number of carbonyl (C=O) groups excluding carboxylic acids is 5. The van der Waals surface area contributed by atoms with Gasteiger partial charge in [-0.1, -0.05) is 0 Å². The third kappa shape index (κ3) is 10.0. The van der Waals surface area contributed by atoms with E-state index in [1.165, 1.54) is 6.92 Å². The number of aliphatic hydroxyl groups excluding tert-OH is 1. The lowest BCUT2D eigenvalue weighted by Gasteiger charge is -2.23. The van der Waals surface area contributed by atoms with E-state index < -0.39 is 72.7 Å². The molecule has 164 valence electrons. The van der Waals surface area contributed by atoms with Crippen molar-refractivity contribution in [2.24, 2.45) is 17.2 Å². The lowest BCUT2D eigenvalue weighted by atomic mass is 10.1. The first kappa shape index (κ1) is 25.7. The highest BCUT2D eigenvalue weighted by Gasteiger charge is 2.30. The Balaban J connectivity index is 5.32. The third-order valence-corrected chi connectivity index (χ3v) is 3.56. The number of aliphatic hydroxyl groups is 1. The summed E-state index contributed by atoms with van der Waals surface area (Å²) in [5.74, 6) is -6.11. The van der Waals surface area contributed by atoms with E-state index >= 15 is 0 Å². The molecule has 0 saturated carbocycles. The van der Waals surface area contributed by atoms with Crippen LogP contribution >= 0.6 is 0 Å². The Morgan fingerprint density at radius 2 is 1.31 bits per heavy atom. The van der Waals surface area contributed by atoms with E-state index in [4.69, 9.17) is 22.3 Å². The van der Waals surface area contributed by atoms with Crippen molar-refractivity contribution in [2.45, 2.75) is 50.4 Å². The van der Waals surface area contributed by atoms with Crippen LogP contribution in [0.4, 0.5) is 0 Å². The number of hydrogen-bond donors (Lipinski definition) is 8. The van der Waals surface area contributed by atoms with E-state index in [2.05, 4.69) is 10.6 Å². The van der Waals surface area contributed by atoms with Crippen molar-refractivity contribution in [3.05, 3.63) is 0 Å². The van der Waals surface area contributed by atoms with Crippen LogP contribution in [0.2, 0.25) is 0 Å². The summed E-state index contributed by atoms with van der Waals surface area (Å²) in [7, 11) is 0. The summed E-state index contributed by atoms with van der Waals surface area (Å²) >= 11 is 0. The molecule has 11 N–H and O–H groups in total. The Bertz CT molecular complexity index is 653. The molecule has 0 aromatic carbocycles. The average Bonchev–Trinajstić information content (AvgIpc) is 2.60. The number of nitrogens with one attached hydrogen (secondary N) is 3. The molecule has 14 nitrogen and oxygen atoms in total. The van der Waals surface area contributed by atoms with Gasteiger partial charge in [0.05, 0.1) is 19.1 Å². The molecule has 0 spiro atoms. The molecule has 0 aliphatic rings. The van der Waals surface area contributed by atoms with Gasteiger partial charge in [-0.05, 0) is 13.3 Å². The first-order valence-electron chi connectivity index (χ1n) is 8.46. The molecule has 0 heterocycles. The minimum absolute atomic E-state index is 0.310. The number of amides is 5. The fourth-order valence-electron chi connectivity index (χ4n) is 2.00. The van der Waals surface area contributed by atoms with Crippen molar-refractivity contribution in [2.75, 3.05) is 6.61 Å². The van der Waals surface area contributed by atoms with E-state index in [0.29, 0.717) is 0 Å². The molecule has 0 radical (unpaired) electrons. The zero-order valence-corrected chi connectivity index (χ0v) is 15.7. The Labute approximate surface area is 165 Å². The van der Waals surface area contributed by atoms with Crippen LogP contribution in [0.15, 0.2) is 0 Å². The van der Waals surface area contributed by atoms with Gasteiger partial charge >= 0.3 is 5.97 Å². The lowest BCUT2D eigenvalue weighted by molar-refractivity contribution is -0.144. The van der Waals surface area contributed by atoms with Crippen LogP contribution in [0.5, 0.6) is 0 Å². The van der Waals surface area contributed by atoms with Crippen molar-refractivity contribution in [1.82, 2.24) is 16.0 Å². The predicted molar refractivity (Wildman–Crippen MR) is 96.4 cm³/mol. The van der Waals surface area contributed by atoms with Crippen molar-refractivity contribution in [3.63, 3.8) is 0 Å². The second-order valence-electron chi connectivity index (χ2n) is 6.17. The van der Waals surface area contributed by atoms with Crippen LogP contribution in [0.1, 0.15) is 26.2 Å². The Hall–Kier alpha value is -3.26. The van der Waals surface area contributed by atoms with E-state index in [1.807, 2.05) is 5.32 Å². The van der Waals surface area contributed by atoms with Gasteiger partial charge in [-0.15, -0.1) is 0 Å². The number of hydrogen-bond acceptors (Lipinski definition) is 8. The molecule has 0 aromatic heterocycles. The highest BCUT2D eigenvalue weighted by molar-refractivity contribution is 5.95. The maximum absolute atomic E-state index is 12.4. The van der Waals surface area contributed by atoms with Crippen LogP contribution in [-0.4, -0.2) is 76.5 Å². The molecule has 29 heavy (non-hydrogen) atoms. The van der Waals surface area contributed by atoms with Gasteiger partial charge in [-0.25, -0.2) is 4.79 Å². The molecular formula is C15H26N6O8. The number of carboxylic acids is 1. The molecule has 4 unspecified atom stereocenters. The molecule has 4 atom stereocenters. The third-order valence-electron chi connectivity index (χ3n) is 3.56. The van der Waals surface area contributed by atoms with Gasteiger partial charge in [-0.2, -0.15) is 0 Å². The topological polar surface area (TPSA) is 257 Å². The van der Waals surface area contributed by atoms with E-state index in [9.17, 15) is 33.9 Å². The minimum Gasteiger partial charge on any atom is -0.480 e. The van der Waals surface area contributed by atoms with Gasteiger partial charge in [-0.3, -0.25) is 24.0 Å². The second-order valence-corrected chi connectivity index (χ2v) is 6.17. The van der Waals surface area contributed by atoms with Crippen molar-refractivity contribution in [3.8, 4) is 0 Å². The second kappa shape index (κ2) is 12.2. The fraction of sp³-hybridized carbons (Fsp3) is 0.600. The number of nitrogens with two attached hydrogens (primary N) is 3. The number of rotatable bonds is 13. The van der Waals surface area contributed by atoms with Crippen molar-refractivity contribution >= 4 is 35.5 Å². The maximum Gasteiger partial charge on any atom is 0.326 e. The molecule has 0 rings (SSSR count). The number of carboxylic acid groups (broad SMARTS) is 1. The minimum atomic E-state index is -1.67. The molecular weight excluding hydrogens is 392 g/mol. The summed E-state index contributed by atoms with van der Waals surface area (Å²) in [5, 5.41) is 24.7. The zero-order chi connectivity index (χ0) is 22.7. The molecule has 0 aliphatic heterocycles. The van der Waals surface area contributed by atoms with E-state index in [1.54, 1.807) is 0 Å². The predicted octanol–water partition coefficient (Wildman–Crippen LogP) is -4.99. The van der Waals surface area contributed by atoms with Gasteiger partial charge in [0.1, 0.15) is 18.1 Å². The Kier molecular flexibility index (Phi) is 10.9. The summed E-state index contributed by atoms with van der Waals surface area (Å²) in [6.07, 6.45) is -1.36. The Morgan fingerprint density at radius 3 is 1.72 bits per heavy atom. The molecule has 0 bridgehead atoms. The van der Waals surface area contributed by atoms with Crippen LogP contribution in [0.25, 0.3) is 0 Å². The monoisotopic (exact) mass is 418 g/mol. The van der Waals surface area contributed by atoms with Gasteiger partial charge in [0.2, 0.25) is 29.5 Å². The first-order valence-corrected chi connectivity index (χ1v) is 8.46. The van der Waals surface area contributed by atoms with Gasteiger partial charge in [0.25, 0.3) is 0 Å². The maximum atomic E-state index is 12.4. The smallest absolute Gasteiger partial charge is 0.326 e. The average molecular weight is 418 g/mol. The number of primary amides is 2. The highest BCUT2D eigenvalue weighted by Crippen LogP contribution is 2.02.